The molecule has 1 heterocycles. The summed E-state index contributed by atoms with van der Waals surface area (Å²) in [5.74, 6) is 7.09. The lowest BCUT2D eigenvalue weighted by Gasteiger charge is -2.30. The standard InChI is InChI=1S/C13H20N2O2/c1-16-12-4-2-3-11(9-12)13(15-14)10-5-7-17-8-6-10/h2-4,9-10,13,15H,5-8,14H2,1H3. The maximum absolute atomic E-state index is 5.70. The normalized spacial score (nSPS) is 18.9. The molecule has 1 unspecified atom stereocenters. The molecule has 1 aromatic carbocycles. The molecule has 1 saturated heterocycles. The van der Waals surface area contributed by atoms with Crippen LogP contribution >= 0.6 is 0 Å². The van der Waals surface area contributed by atoms with Gasteiger partial charge in [-0.15, -0.1) is 0 Å². The van der Waals surface area contributed by atoms with Gasteiger partial charge < -0.3 is 9.47 Å². The number of rotatable bonds is 4. The number of nitrogens with two attached hydrogens (primary N) is 1. The van der Waals surface area contributed by atoms with Gasteiger partial charge in [0.05, 0.1) is 7.11 Å². The molecule has 1 aromatic rings. The van der Waals surface area contributed by atoms with E-state index in [1.54, 1.807) is 7.11 Å². The van der Waals surface area contributed by atoms with Crippen LogP contribution in [0, 0.1) is 5.92 Å². The van der Waals surface area contributed by atoms with Gasteiger partial charge in [0.15, 0.2) is 0 Å². The molecule has 1 atom stereocenters. The second kappa shape index (κ2) is 6.00. The number of hydrogen-bond acceptors (Lipinski definition) is 4. The SMILES string of the molecule is COc1cccc(C(NN)C2CCOCC2)c1. The fourth-order valence-electron chi connectivity index (χ4n) is 2.39. The third kappa shape index (κ3) is 2.97. The van der Waals surface area contributed by atoms with E-state index in [0.29, 0.717) is 5.92 Å². The molecule has 0 aliphatic carbocycles. The van der Waals surface area contributed by atoms with Crippen LogP contribution in [0.3, 0.4) is 0 Å². The lowest BCUT2D eigenvalue weighted by Crippen LogP contribution is -2.36. The van der Waals surface area contributed by atoms with Crippen molar-refractivity contribution in [2.75, 3.05) is 20.3 Å². The molecule has 1 aliphatic heterocycles. The Balaban J connectivity index is 2.15. The van der Waals surface area contributed by atoms with Crippen LogP contribution in [-0.2, 0) is 4.74 Å². The lowest BCUT2D eigenvalue weighted by molar-refractivity contribution is 0.0536. The monoisotopic (exact) mass is 236 g/mol. The van der Waals surface area contributed by atoms with Crippen molar-refractivity contribution in [2.24, 2.45) is 11.8 Å². The van der Waals surface area contributed by atoms with E-state index in [4.69, 9.17) is 15.3 Å². The molecule has 0 spiro atoms. The number of hydrogen-bond donors (Lipinski definition) is 2. The van der Waals surface area contributed by atoms with Crippen molar-refractivity contribution in [3.63, 3.8) is 0 Å². The number of benzene rings is 1. The molecule has 0 radical (unpaired) electrons. The van der Waals surface area contributed by atoms with Gasteiger partial charge >= 0.3 is 0 Å². The van der Waals surface area contributed by atoms with E-state index >= 15 is 0 Å². The van der Waals surface area contributed by atoms with E-state index in [9.17, 15) is 0 Å². The fraction of sp³-hybridized carbons (Fsp3) is 0.538. The smallest absolute Gasteiger partial charge is 0.119 e. The summed E-state index contributed by atoms with van der Waals surface area (Å²) in [5.41, 5.74) is 4.11. The molecule has 0 bridgehead atoms. The van der Waals surface area contributed by atoms with E-state index < -0.39 is 0 Å². The van der Waals surface area contributed by atoms with Crippen molar-refractivity contribution in [3.8, 4) is 5.75 Å². The van der Waals surface area contributed by atoms with Crippen molar-refractivity contribution in [1.29, 1.82) is 0 Å². The molecule has 4 nitrogen and oxygen atoms in total. The Bertz CT molecular complexity index is 351. The quantitative estimate of drug-likeness (QED) is 0.616. The highest BCUT2D eigenvalue weighted by Crippen LogP contribution is 2.30. The van der Waals surface area contributed by atoms with Crippen molar-refractivity contribution in [2.45, 2.75) is 18.9 Å². The van der Waals surface area contributed by atoms with Crippen LogP contribution in [0.4, 0.5) is 0 Å². The minimum absolute atomic E-state index is 0.175. The van der Waals surface area contributed by atoms with E-state index in [-0.39, 0.29) is 6.04 Å². The van der Waals surface area contributed by atoms with Crippen LogP contribution in [0.1, 0.15) is 24.4 Å². The zero-order valence-corrected chi connectivity index (χ0v) is 10.2. The van der Waals surface area contributed by atoms with Crippen LogP contribution < -0.4 is 16.0 Å². The predicted octanol–water partition coefficient (Wildman–Crippen LogP) is 1.63. The number of nitrogens with one attached hydrogen (secondary N) is 1. The first kappa shape index (κ1) is 12.4. The summed E-state index contributed by atoms with van der Waals surface area (Å²) in [4.78, 5) is 0. The van der Waals surface area contributed by atoms with Crippen LogP contribution in [-0.4, -0.2) is 20.3 Å². The topological polar surface area (TPSA) is 56.5 Å². The highest BCUT2D eigenvalue weighted by atomic mass is 16.5. The molecule has 1 fully saturated rings. The first-order valence-electron chi connectivity index (χ1n) is 6.03. The second-order valence-corrected chi connectivity index (χ2v) is 4.37. The summed E-state index contributed by atoms with van der Waals surface area (Å²) in [6, 6.07) is 8.25. The van der Waals surface area contributed by atoms with Gasteiger partial charge in [-0.2, -0.15) is 0 Å². The van der Waals surface area contributed by atoms with Gasteiger partial charge in [-0.05, 0) is 36.5 Å². The zero-order chi connectivity index (χ0) is 12.1. The van der Waals surface area contributed by atoms with Crippen LogP contribution in [0.25, 0.3) is 0 Å². The molecule has 0 aromatic heterocycles. The molecule has 2 rings (SSSR count). The molecule has 17 heavy (non-hydrogen) atoms. The van der Waals surface area contributed by atoms with Gasteiger partial charge in [-0.1, -0.05) is 12.1 Å². The summed E-state index contributed by atoms with van der Waals surface area (Å²) >= 11 is 0. The average molecular weight is 236 g/mol. The fourth-order valence-corrected chi connectivity index (χ4v) is 2.39. The van der Waals surface area contributed by atoms with Crippen LogP contribution in [0.5, 0.6) is 5.75 Å². The molecule has 1 aliphatic rings. The maximum atomic E-state index is 5.70. The van der Waals surface area contributed by atoms with E-state index in [1.165, 1.54) is 5.56 Å². The summed E-state index contributed by atoms with van der Waals surface area (Å²) in [6.45, 7) is 1.65. The Hall–Kier alpha value is -1.10. The minimum Gasteiger partial charge on any atom is -0.497 e. The summed E-state index contributed by atoms with van der Waals surface area (Å²) < 4.78 is 10.6. The van der Waals surface area contributed by atoms with Gasteiger partial charge in [0.2, 0.25) is 0 Å². The Labute approximate surface area is 102 Å². The van der Waals surface area contributed by atoms with Gasteiger partial charge in [-0.25, -0.2) is 0 Å². The molecular weight excluding hydrogens is 216 g/mol. The van der Waals surface area contributed by atoms with Crippen molar-refractivity contribution in [3.05, 3.63) is 29.8 Å². The van der Waals surface area contributed by atoms with Gasteiger partial charge in [0.1, 0.15) is 5.75 Å². The molecule has 4 heteroatoms. The van der Waals surface area contributed by atoms with Gasteiger partial charge in [0, 0.05) is 19.3 Å². The first-order chi connectivity index (χ1) is 8.35. The highest BCUT2D eigenvalue weighted by molar-refractivity contribution is 5.30. The summed E-state index contributed by atoms with van der Waals surface area (Å²) in [6.07, 6.45) is 2.10. The molecule has 0 amide bonds. The Morgan fingerprint density at radius 1 is 1.41 bits per heavy atom. The molecule has 0 saturated carbocycles. The molecule has 3 N–H and O–H groups in total. The minimum atomic E-state index is 0.175. The molecule has 94 valence electrons. The Kier molecular flexibility index (Phi) is 4.36. The maximum Gasteiger partial charge on any atom is 0.119 e. The van der Waals surface area contributed by atoms with Crippen molar-refractivity contribution < 1.29 is 9.47 Å². The number of methoxy groups -OCH3 is 1. The zero-order valence-electron chi connectivity index (χ0n) is 10.2. The number of hydrazine groups is 1. The lowest BCUT2D eigenvalue weighted by atomic mass is 9.87. The van der Waals surface area contributed by atoms with Gasteiger partial charge in [0.25, 0.3) is 0 Å². The van der Waals surface area contributed by atoms with Crippen molar-refractivity contribution in [1.82, 2.24) is 5.43 Å². The van der Waals surface area contributed by atoms with Gasteiger partial charge in [-0.3, -0.25) is 11.3 Å². The second-order valence-electron chi connectivity index (χ2n) is 4.37. The third-order valence-electron chi connectivity index (χ3n) is 3.37. The van der Waals surface area contributed by atoms with Crippen LogP contribution in [0.2, 0.25) is 0 Å². The van der Waals surface area contributed by atoms with E-state index in [2.05, 4.69) is 11.5 Å². The first-order valence-corrected chi connectivity index (χ1v) is 6.03. The molecular formula is C13H20N2O2. The third-order valence-corrected chi connectivity index (χ3v) is 3.37. The highest BCUT2D eigenvalue weighted by Gasteiger charge is 2.24. The van der Waals surface area contributed by atoms with E-state index in [1.807, 2.05) is 18.2 Å². The largest absolute Gasteiger partial charge is 0.497 e. The summed E-state index contributed by atoms with van der Waals surface area (Å²) in [7, 11) is 1.68. The van der Waals surface area contributed by atoms with Crippen molar-refractivity contribution >= 4 is 0 Å². The predicted molar refractivity (Wildman–Crippen MR) is 66.6 cm³/mol. The Morgan fingerprint density at radius 2 is 2.18 bits per heavy atom. The average Bonchev–Trinajstić information content (AvgIpc) is 2.41. The Morgan fingerprint density at radius 3 is 2.82 bits per heavy atom. The van der Waals surface area contributed by atoms with E-state index in [0.717, 1.165) is 31.8 Å². The summed E-state index contributed by atoms with van der Waals surface area (Å²) in [5, 5.41) is 0. The number of ether oxygens (including phenoxy) is 2. The van der Waals surface area contributed by atoms with Crippen LogP contribution in [0.15, 0.2) is 24.3 Å².